The molecule has 0 fully saturated rings. The summed E-state index contributed by atoms with van der Waals surface area (Å²) in [5.74, 6) is -1.86. The summed E-state index contributed by atoms with van der Waals surface area (Å²) < 4.78 is 34.0. The van der Waals surface area contributed by atoms with Gasteiger partial charge in [0.2, 0.25) is 5.91 Å². The molecule has 0 aliphatic heterocycles. The Kier molecular flexibility index (Phi) is 6.93. The number of nitrogens with zero attached hydrogens (tertiary/aromatic N) is 1. The first-order valence-corrected chi connectivity index (χ1v) is 11.4. The van der Waals surface area contributed by atoms with E-state index in [2.05, 4.69) is 15.6 Å². The smallest absolute Gasteiger partial charge is 0.242 e. The van der Waals surface area contributed by atoms with Gasteiger partial charge in [-0.2, -0.15) is 0 Å². The molecule has 1 amide bonds. The number of amides is 1. The average molecular weight is 458 g/mol. The van der Waals surface area contributed by atoms with Gasteiger partial charge in [0.1, 0.15) is 23.8 Å². The number of carbonyl (C=O) groups excluding carboxylic acids is 1. The lowest BCUT2D eigenvalue weighted by molar-refractivity contribution is -0.125. The van der Waals surface area contributed by atoms with Crippen molar-refractivity contribution in [1.29, 1.82) is 0 Å². The minimum atomic E-state index is -1.01. The van der Waals surface area contributed by atoms with E-state index in [1.165, 1.54) is 17.4 Å². The molecule has 1 aliphatic carbocycles. The molecule has 1 aliphatic rings. The molecular formula is C24H25F2N3O2S. The summed E-state index contributed by atoms with van der Waals surface area (Å²) in [4.78, 5) is 17.7. The lowest BCUT2D eigenvalue weighted by atomic mass is 10.0. The Morgan fingerprint density at radius 2 is 2.09 bits per heavy atom. The van der Waals surface area contributed by atoms with Gasteiger partial charge in [0.15, 0.2) is 0 Å². The van der Waals surface area contributed by atoms with E-state index in [1.807, 2.05) is 43.5 Å². The van der Waals surface area contributed by atoms with Crippen molar-refractivity contribution in [3.8, 4) is 0 Å². The lowest BCUT2D eigenvalue weighted by Crippen LogP contribution is -2.45. The molecule has 2 aromatic carbocycles. The van der Waals surface area contributed by atoms with Gasteiger partial charge in [0.05, 0.1) is 16.7 Å². The van der Waals surface area contributed by atoms with E-state index in [1.54, 1.807) is 0 Å². The molecular weight excluding hydrogens is 432 g/mol. The van der Waals surface area contributed by atoms with Gasteiger partial charge >= 0.3 is 0 Å². The topological polar surface area (TPSA) is 63.2 Å². The summed E-state index contributed by atoms with van der Waals surface area (Å²) >= 11 is 1.50. The first-order valence-electron chi connectivity index (χ1n) is 10.6. The zero-order valence-electron chi connectivity index (χ0n) is 17.9. The number of thiazole rings is 1. The average Bonchev–Trinajstić information content (AvgIpc) is 3.33. The third kappa shape index (κ3) is 4.87. The van der Waals surface area contributed by atoms with E-state index in [0.717, 1.165) is 34.0 Å². The van der Waals surface area contributed by atoms with Crippen LogP contribution in [-0.2, 0) is 22.5 Å². The number of hydrogen-bond acceptors (Lipinski definition) is 5. The fourth-order valence-corrected chi connectivity index (χ4v) is 4.72. The molecule has 1 aromatic heterocycles. The molecule has 32 heavy (non-hydrogen) atoms. The zero-order valence-corrected chi connectivity index (χ0v) is 18.7. The van der Waals surface area contributed by atoms with Crippen molar-refractivity contribution in [2.75, 3.05) is 6.61 Å². The summed E-state index contributed by atoms with van der Waals surface area (Å²) in [7, 11) is 0. The van der Waals surface area contributed by atoms with Crippen LogP contribution in [0.2, 0.25) is 0 Å². The molecule has 2 unspecified atom stereocenters. The molecule has 0 saturated carbocycles. The fraction of sp³-hybridized carbons (Fsp3) is 0.333. The minimum absolute atomic E-state index is 0.0827. The van der Waals surface area contributed by atoms with Crippen molar-refractivity contribution in [2.24, 2.45) is 0 Å². The van der Waals surface area contributed by atoms with Gasteiger partial charge in [-0.25, -0.2) is 13.8 Å². The number of benzene rings is 2. The lowest BCUT2D eigenvalue weighted by Gasteiger charge is -2.25. The van der Waals surface area contributed by atoms with Gasteiger partial charge < -0.3 is 10.1 Å². The molecule has 4 rings (SSSR count). The fourth-order valence-electron chi connectivity index (χ4n) is 4.11. The van der Waals surface area contributed by atoms with E-state index in [9.17, 15) is 13.6 Å². The Morgan fingerprint density at radius 3 is 2.81 bits per heavy atom. The van der Waals surface area contributed by atoms with Crippen LogP contribution in [0.4, 0.5) is 8.78 Å². The molecule has 168 valence electrons. The van der Waals surface area contributed by atoms with Crippen molar-refractivity contribution in [1.82, 2.24) is 15.6 Å². The summed E-state index contributed by atoms with van der Waals surface area (Å²) in [5, 5.41) is 8.92. The normalized spacial score (nSPS) is 18.4. The Labute approximate surface area is 189 Å². The number of fused-ring (bicyclic) bond motifs is 1. The number of halogens is 2. The highest BCUT2D eigenvalue weighted by Crippen LogP contribution is 2.34. The van der Waals surface area contributed by atoms with Gasteiger partial charge in [-0.05, 0) is 37.5 Å². The Hall–Kier alpha value is -2.68. The number of carbonyl (C=O) groups is 1. The van der Waals surface area contributed by atoms with Crippen LogP contribution in [0, 0.1) is 18.6 Å². The van der Waals surface area contributed by atoms with Crippen LogP contribution in [0.15, 0.2) is 47.8 Å². The maximum absolute atomic E-state index is 14.6. The molecule has 3 atom stereocenters. The van der Waals surface area contributed by atoms with Gasteiger partial charge in [0, 0.05) is 30.2 Å². The third-order valence-electron chi connectivity index (χ3n) is 5.53. The highest BCUT2D eigenvalue weighted by molar-refractivity contribution is 7.09. The van der Waals surface area contributed by atoms with Crippen LogP contribution in [0.1, 0.15) is 46.5 Å². The first-order chi connectivity index (χ1) is 15.5. The Bertz CT molecular complexity index is 1100. The Morgan fingerprint density at radius 1 is 1.28 bits per heavy atom. The number of nitrogens with one attached hydrogen (secondary N) is 2. The summed E-state index contributed by atoms with van der Waals surface area (Å²) in [6.07, 6.45) is 0.344. The molecule has 0 radical (unpaired) electrons. The van der Waals surface area contributed by atoms with Gasteiger partial charge in [0.25, 0.3) is 0 Å². The second-order valence-electron chi connectivity index (χ2n) is 7.73. The van der Waals surface area contributed by atoms with Crippen LogP contribution < -0.4 is 10.6 Å². The molecule has 0 saturated heterocycles. The van der Waals surface area contributed by atoms with Crippen LogP contribution in [0.5, 0.6) is 0 Å². The quantitative estimate of drug-likeness (QED) is 0.527. The second-order valence-corrected chi connectivity index (χ2v) is 8.79. The van der Waals surface area contributed by atoms with Crippen LogP contribution >= 0.6 is 11.3 Å². The molecule has 0 bridgehead atoms. The van der Waals surface area contributed by atoms with Crippen LogP contribution in [0.25, 0.3) is 0 Å². The second kappa shape index (κ2) is 9.85. The van der Waals surface area contributed by atoms with E-state index in [-0.39, 0.29) is 24.3 Å². The number of rotatable bonds is 8. The van der Waals surface area contributed by atoms with Crippen molar-refractivity contribution in [3.05, 3.63) is 86.9 Å². The zero-order chi connectivity index (χ0) is 22.7. The van der Waals surface area contributed by atoms with E-state index < -0.39 is 23.6 Å². The number of hydrogen-bond donors (Lipinski definition) is 2. The Balaban J connectivity index is 1.56. The van der Waals surface area contributed by atoms with Crippen molar-refractivity contribution in [2.45, 2.75) is 45.0 Å². The van der Waals surface area contributed by atoms with Gasteiger partial charge in [-0.1, -0.05) is 30.3 Å². The van der Waals surface area contributed by atoms with Crippen molar-refractivity contribution < 1.29 is 18.3 Å². The molecule has 3 aromatic rings. The van der Waals surface area contributed by atoms with E-state index >= 15 is 0 Å². The number of ether oxygens (including phenoxy) is 1. The largest absolute Gasteiger partial charge is 0.372 e. The summed E-state index contributed by atoms with van der Waals surface area (Å²) in [5.41, 5.74) is 3.01. The van der Waals surface area contributed by atoms with E-state index in [0.29, 0.717) is 13.0 Å². The van der Waals surface area contributed by atoms with E-state index in [4.69, 9.17) is 4.74 Å². The van der Waals surface area contributed by atoms with Gasteiger partial charge in [-0.15, -0.1) is 11.3 Å². The van der Waals surface area contributed by atoms with Crippen molar-refractivity contribution >= 4 is 17.2 Å². The molecule has 5 nitrogen and oxygen atoms in total. The maximum atomic E-state index is 14.6. The number of aromatic nitrogens is 1. The van der Waals surface area contributed by atoms with Crippen molar-refractivity contribution in [3.63, 3.8) is 0 Å². The predicted octanol–water partition coefficient (Wildman–Crippen LogP) is 4.38. The molecule has 1 heterocycles. The SMILES string of the molecule is CCOC1c2ccccc2CC1NC(=O)[C@@H](NCc1csc(C)n1)c1ccc(F)cc1F. The molecule has 0 spiro atoms. The first kappa shape index (κ1) is 22.5. The standard InChI is InChI=1S/C24H25F2N3O2S/c1-3-31-23-18-7-5-4-6-15(18)10-21(23)29-24(30)22(19-9-8-16(25)11-20(19)26)27-12-17-13-32-14(2)28-17/h4-9,11,13,21-23,27H,3,10,12H2,1-2H3,(H,29,30)/t21?,22-,23?/m0/s1. The highest BCUT2D eigenvalue weighted by atomic mass is 32.1. The van der Waals surface area contributed by atoms with Crippen LogP contribution in [0.3, 0.4) is 0 Å². The maximum Gasteiger partial charge on any atom is 0.242 e. The molecule has 2 N–H and O–H groups in total. The summed E-state index contributed by atoms with van der Waals surface area (Å²) in [6, 6.07) is 9.88. The number of aryl methyl sites for hydroxylation is 1. The van der Waals surface area contributed by atoms with Crippen LogP contribution in [-0.4, -0.2) is 23.5 Å². The van der Waals surface area contributed by atoms with Gasteiger partial charge in [-0.3, -0.25) is 10.1 Å². The third-order valence-corrected chi connectivity index (χ3v) is 6.35. The highest BCUT2D eigenvalue weighted by Gasteiger charge is 2.36. The molecule has 8 heteroatoms. The minimum Gasteiger partial charge on any atom is -0.372 e. The monoisotopic (exact) mass is 457 g/mol. The predicted molar refractivity (Wildman–Crippen MR) is 119 cm³/mol. The summed E-state index contributed by atoms with van der Waals surface area (Å²) in [6.45, 7) is 4.58.